The van der Waals surface area contributed by atoms with Crippen LogP contribution in [-0.4, -0.2) is 282 Å². The van der Waals surface area contributed by atoms with Gasteiger partial charge in [-0.3, -0.25) is 62.4 Å². The van der Waals surface area contributed by atoms with Crippen LogP contribution in [0.2, 0.25) is 0 Å². The molecule has 1 saturated heterocycles. The van der Waals surface area contributed by atoms with Crippen molar-refractivity contribution in [1.29, 1.82) is 0 Å². The lowest BCUT2D eigenvalue weighted by Gasteiger charge is -2.41. The molecule has 568 valence electrons. The number of allylic oxidation sites excluding steroid dienone is 2. The summed E-state index contributed by atoms with van der Waals surface area (Å²) in [5, 5.41) is 26.0. The fourth-order valence-electron chi connectivity index (χ4n) is 12.3. The maximum atomic E-state index is 15.2. The number of Topliss-reactive ketones (excluding diaryl/α,β-unsaturated/α-hetero) is 1. The van der Waals surface area contributed by atoms with Crippen LogP contribution in [0.1, 0.15) is 171 Å². The quantitative estimate of drug-likeness (QED) is 0.0479. The van der Waals surface area contributed by atoms with Gasteiger partial charge in [0.1, 0.15) is 61.0 Å². The number of nitrogens with zero attached hydrogens (tertiary/aromatic N) is 8. The van der Waals surface area contributed by atoms with Crippen LogP contribution in [-0.2, 0) is 62.3 Å². The molecule has 27 heteroatoms. The first-order valence-electron chi connectivity index (χ1n) is 35.8. The molecule has 99 heavy (non-hydrogen) atoms. The molecule has 0 unspecified atom stereocenters. The first-order valence-corrected chi connectivity index (χ1v) is 35.8. The molecular weight excluding hydrogens is 1270 g/mol. The van der Waals surface area contributed by atoms with Crippen molar-refractivity contribution >= 4 is 70.8 Å². The van der Waals surface area contributed by atoms with Crippen LogP contribution in [0.25, 0.3) is 0 Å². The van der Waals surface area contributed by atoms with E-state index in [0.717, 1.165) is 18.0 Å². The third-order valence-corrected chi connectivity index (χ3v) is 19.2. The lowest BCUT2D eigenvalue weighted by molar-refractivity contribution is -0.157. The van der Waals surface area contributed by atoms with E-state index in [1.807, 2.05) is 54.5 Å². The lowest BCUT2D eigenvalue weighted by Crippen LogP contribution is -2.63. The summed E-state index contributed by atoms with van der Waals surface area (Å²) < 4.78 is 5.83. The van der Waals surface area contributed by atoms with E-state index in [-0.39, 0.29) is 68.3 Å². The SMILES string of the molecule is C/C=C/C[C@@H](C)[C@@H](O)[C@@H](C(=O)N[C@@H](CC)C(=O)N(C)[C@H](C)C(C)=O)N(C)C(=O)[C@H](C(C)C)N(C)C(=O)[C@H](CC(C)C)N(C)C(=O)[C@H](CC(C)C)N(C)C(=O)[C@@H](C)NC(=O)[C@H](C)NC(=O)[C@H](CC(C)C)N(C)C(=O)[C@@H](NC(=O)[C@@H](NC)[C@H](C)COCC(=O)N1CCN(C(C)C)CC1)C(C)C. The lowest BCUT2D eigenvalue weighted by atomic mass is 9.91. The largest absolute Gasteiger partial charge is 0.390 e. The summed E-state index contributed by atoms with van der Waals surface area (Å²) in [4.78, 5) is 181. The van der Waals surface area contributed by atoms with Crippen LogP contribution in [0.4, 0.5) is 0 Å². The van der Waals surface area contributed by atoms with Crippen LogP contribution < -0.4 is 26.6 Å². The van der Waals surface area contributed by atoms with Gasteiger partial charge in [-0.25, -0.2) is 0 Å². The first-order chi connectivity index (χ1) is 45.9. The van der Waals surface area contributed by atoms with Gasteiger partial charge in [0, 0.05) is 80.4 Å². The summed E-state index contributed by atoms with van der Waals surface area (Å²) in [5.41, 5.74) is 0. The van der Waals surface area contributed by atoms with Crippen LogP contribution in [0.3, 0.4) is 0 Å². The number of ketones is 1. The Hall–Kier alpha value is -6.58. The topological polar surface area (TPSA) is 320 Å². The fourth-order valence-corrected chi connectivity index (χ4v) is 12.3. The molecule has 1 fully saturated rings. The molecule has 0 aromatic carbocycles. The van der Waals surface area contributed by atoms with Gasteiger partial charge in [-0.2, -0.15) is 0 Å². The second-order valence-corrected chi connectivity index (χ2v) is 29.8. The molecule has 1 rings (SSSR count). The van der Waals surface area contributed by atoms with Gasteiger partial charge in [0.05, 0.1) is 24.8 Å². The molecule has 0 spiro atoms. The number of carbonyl (C=O) groups excluding carboxylic acids is 12. The number of likely N-dealkylation sites (N-methyl/N-ethyl adjacent to an activating group) is 7. The molecule has 0 aliphatic carbocycles. The third kappa shape index (κ3) is 26.7. The Morgan fingerprint density at radius 1 is 0.495 bits per heavy atom. The molecule has 14 atom stereocenters. The maximum Gasteiger partial charge on any atom is 0.248 e. The number of aliphatic hydroxyl groups excluding tert-OH is 1. The van der Waals surface area contributed by atoms with E-state index in [4.69, 9.17) is 4.74 Å². The standard InChI is InChI=1S/C72H131N13O14/c1-28-30-31-47(15)62(88)61(66(92)76-53(29-2)68(94)78(22)51(19)52(20)86)83(27)72(98)60(45(11)12)82(26)70(96)56(38-43(7)8)81(25)69(95)55(37-42(5)6)80(24)67(93)50(18)75-63(89)49(17)74-64(90)54(36-41(3)4)79(23)71(97)58(44(9)10)77-65(91)59(73-21)48(16)39-99-40-57(87)85-34-32-84(33-35-85)46(13)14/h28,30,41-51,53-56,58-62,73,88H,29,31-40H2,1-27H3,(H,74,90)(H,75,89)(H,76,92)(H,77,91)/b30-28+/t47-,48-,49+,50-,51-,53+,54+,55+,56+,58+,59+,60+,61+,62-/m1/s1. The predicted octanol–water partition coefficient (Wildman–Crippen LogP) is 3.15. The molecule has 6 N–H and O–H groups in total. The van der Waals surface area contributed by atoms with Crippen LogP contribution >= 0.6 is 0 Å². The highest BCUT2D eigenvalue weighted by Crippen LogP contribution is 2.26. The van der Waals surface area contributed by atoms with E-state index in [1.54, 1.807) is 73.4 Å². The van der Waals surface area contributed by atoms with Crippen molar-refractivity contribution in [2.45, 2.75) is 249 Å². The number of nitrogens with one attached hydrogen (secondary N) is 5. The van der Waals surface area contributed by atoms with E-state index in [0.29, 0.717) is 25.6 Å². The van der Waals surface area contributed by atoms with Crippen molar-refractivity contribution in [3.05, 3.63) is 12.2 Å². The predicted molar refractivity (Wildman–Crippen MR) is 384 cm³/mol. The van der Waals surface area contributed by atoms with E-state index in [9.17, 15) is 48.3 Å². The highest BCUT2D eigenvalue weighted by atomic mass is 16.5. The zero-order chi connectivity index (χ0) is 76.5. The van der Waals surface area contributed by atoms with Crippen LogP contribution in [0.15, 0.2) is 12.2 Å². The summed E-state index contributed by atoms with van der Waals surface area (Å²) in [7, 11) is 10.2. The summed E-state index contributed by atoms with van der Waals surface area (Å²) in [5.74, 6) is -9.19. The summed E-state index contributed by atoms with van der Waals surface area (Å²) >= 11 is 0. The van der Waals surface area contributed by atoms with Crippen LogP contribution in [0, 0.1) is 41.4 Å². The van der Waals surface area contributed by atoms with E-state index in [2.05, 4.69) is 45.3 Å². The van der Waals surface area contributed by atoms with Crippen molar-refractivity contribution in [2.75, 3.05) is 88.7 Å². The van der Waals surface area contributed by atoms with Crippen molar-refractivity contribution in [3.8, 4) is 0 Å². The number of hydrogen-bond donors (Lipinski definition) is 6. The van der Waals surface area contributed by atoms with Gasteiger partial charge >= 0.3 is 0 Å². The van der Waals surface area contributed by atoms with Gasteiger partial charge in [-0.15, -0.1) is 0 Å². The molecule has 0 saturated carbocycles. The molecule has 0 aromatic heterocycles. The smallest absolute Gasteiger partial charge is 0.248 e. The van der Waals surface area contributed by atoms with E-state index >= 15 is 14.4 Å². The Kier molecular flexibility index (Phi) is 38.9. The minimum Gasteiger partial charge on any atom is -0.390 e. The molecule has 27 nitrogen and oxygen atoms in total. The number of carbonyl (C=O) groups is 12. The van der Waals surface area contributed by atoms with Gasteiger partial charge in [0.15, 0.2) is 5.78 Å². The van der Waals surface area contributed by atoms with Gasteiger partial charge < -0.3 is 70.7 Å². The number of ether oxygens (including phenoxy) is 1. The number of piperazine rings is 1. The Balaban J connectivity index is 3.48. The average molecular weight is 1400 g/mol. The Labute approximate surface area is 593 Å². The second-order valence-electron chi connectivity index (χ2n) is 29.8. The maximum absolute atomic E-state index is 15.2. The van der Waals surface area contributed by atoms with Crippen molar-refractivity contribution < 1.29 is 67.4 Å². The van der Waals surface area contributed by atoms with Gasteiger partial charge in [0.25, 0.3) is 0 Å². The molecule has 11 amide bonds. The molecule has 0 bridgehead atoms. The minimum atomic E-state index is -1.56. The summed E-state index contributed by atoms with van der Waals surface area (Å²) in [6.45, 7) is 38.0. The number of amides is 11. The zero-order valence-corrected chi connectivity index (χ0v) is 65.3. The van der Waals surface area contributed by atoms with Crippen LogP contribution in [0.5, 0.6) is 0 Å². The number of hydrogen-bond acceptors (Lipinski definition) is 16. The molecular formula is C72H131N13O14. The van der Waals surface area contributed by atoms with Gasteiger partial charge in [0.2, 0.25) is 65.0 Å². The molecule has 0 aromatic rings. The second kappa shape index (κ2) is 42.6. The third-order valence-electron chi connectivity index (χ3n) is 19.2. The fraction of sp³-hybridized carbons (Fsp3) is 0.806. The van der Waals surface area contributed by atoms with Crippen molar-refractivity contribution in [2.24, 2.45) is 41.4 Å². The Morgan fingerprint density at radius 3 is 1.42 bits per heavy atom. The van der Waals surface area contributed by atoms with E-state index < -0.39 is 155 Å². The van der Waals surface area contributed by atoms with Crippen molar-refractivity contribution in [1.82, 2.24) is 65.8 Å². The number of rotatable bonds is 41. The van der Waals surface area contributed by atoms with Crippen molar-refractivity contribution in [3.63, 3.8) is 0 Å². The monoisotopic (exact) mass is 1400 g/mol. The molecule has 1 heterocycles. The highest BCUT2D eigenvalue weighted by molar-refractivity contribution is 5.99. The zero-order valence-electron chi connectivity index (χ0n) is 65.3. The minimum absolute atomic E-state index is 0.0865. The first kappa shape index (κ1) is 90.4. The highest BCUT2D eigenvalue weighted by Gasteiger charge is 2.46. The average Bonchev–Trinajstić information content (AvgIpc) is 0.801. The van der Waals surface area contributed by atoms with Gasteiger partial charge in [-0.1, -0.05) is 102 Å². The summed E-state index contributed by atoms with van der Waals surface area (Å²) in [6.07, 6.45) is 3.06. The molecule has 1 aliphatic heterocycles. The Morgan fingerprint density at radius 2 is 0.970 bits per heavy atom. The number of aliphatic hydroxyl groups is 1. The summed E-state index contributed by atoms with van der Waals surface area (Å²) in [6, 6.07) is -12.1. The van der Waals surface area contributed by atoms with E-state index in [1.165, 1.54) is 87.6 Å². The van der Waals surface area contributed by atoms with Gasteiger partial charge in [-0.05, 0) is 123 Å². The molecule has 1 aliphatic rings. The Bertz CT molecular complexity index is 2700. The normalized spacial score (nSPS) is 17.3. The molecule has 0 radical (unpaired) electrons.